The molecule has 2 aromatic carbocycles. The Kier molecular flexibility index (Phi) is 4.49. The number of benzene rings is 2. The third kappa shape index (κ3) is 3.55. The van der Waals surface area contributed by atoms with Crippen LogP contribution in [0.4, 0.5) is 14.5 Å². The maximum atomic E-state index is 13.7. The number of carbonyl (C=O) groups is 1. The van der Waals surface area contributed by atoms with Crippen LogP contribution in [0.15, 0.2) is 36.4 Å². The zero-order valence-corrected chi connectivity index (χ0v) is 11.1. The molecule has 0 saturated carbocycles. The van der Waals surface area contributed by atoms with Crippen LogP contribution in [-0.2, 0) is 13.2 Å². The van der Waals surface area contributed by atoms with Gasteiger partial charge in [-0.1, -0.05) is 24.3 Å². The molecule has 2 aromatic rings. The zero-order valence-electron chi connectivity index (χ0n) is 11.1. The molecule has 0 unspecified atom stereocenters. The number of aliphatic hydroxyl groups excluding tert-OH is 1. The summed E-state index contributed by atoms with van der Waals surface area (Å²) in [7, 11) is 0. The summed E-state index contributed by atoms with van der Waals surface area (Å²) >= 11 is 0. The number of hydrogen-bond acceptors (Lipinski definition) is 3. The molecule has 21 heavy (non-hydrogen) atoms. The van der Waals surface area contributed by atoms with Crippen molar-refractivity contribution >= 4 is 11.6 Å². The van der Waals surface area contributed by atoms with Crippen molar-refractivity contribution in [2.45, 2.75) is 13.2 Å². The van der Waals surface area contributed by atoms with Gasteiger partial charge in [0.2, 0.25) is 0 Å². The van der Waals surface area contributed by atoms with E-state index in [-0.39, 0.29) is 13.2 Å². The highest BCUT2D eigenvalue weighted by molar-refractivity contribution is 5.95. The molecule has 4 N–H and O–H groups in total. The van der Waals surface area contributed by atoms with Crippen molar-refractivity contribution in [2.75, 3.05) is 5.73 Å². The molecule has 0 aromatic heterocycles. The van der Waals surface area contributed by atoms with Crippen LogP contribution in [0.1, 0.15) is 21.5 Å². The van der Waals surface area contributed by atoms with E-state index in [0.717, 1.165) is 23.3 Å². The number of nitrogens with one attached hydrogen (secondary N) is 1. The van der Waals surface area contributed by atoms with E-state index in [1.807, 2.05) is 0 Å². The number of aliphatic hydroxyl groups is 1. The van der Waals surface area contributed by atoms with E-state index in [0.29, 0.717) is 0 Å². The molecule has 0 fully saturated rings. The van der Waals surface area contributed by atoms with Crippen LogP contribution in [0.3, 0.4) is 0 Å². The van der Waals surface area contributed by atoms with E-state index in [1.165, 1.54) is 0 Å². The first-order valence-corrected chi connectivity index (χ1v) is 6.22. The Labute approximate surface area is 120 Å². The van der Waals surface area contributed by atoms with Gasteiger partial charge in [-0.15, -0.1) is 0 Å². The van der Waals surface area contributed by atoms with Crippen molar-refractivity contribution in [3.8, 4) is 0 Å². The van der Waals surface area contributed by atoms with Crippen molar-refractivity contribution in [3.63, 3.8) is 0 Å². The van der Waals surface area contributed by atoms with E-state index < -0.39 is 28.8 Å². The van der Waals surface area contributed by atoms with Gasteiger partial charge in [-0.3, -0.25) is 4.79 Å². The number of halogens is 2. The van der Waals surface area contributed by atoms with Gasteiger partial charge in [-0.05, 0) is 23.3 Å². The number of amides is 1. The van der Waals surface area contributed by atoms with Gasteiger partial charge < -0.3 is 16.2 Å². The van der Waals surface area contributed by atoms with Crippen molar-refractivity contribution in [2.24, 2.45) is 0 Å². The van der Waals surface area contributed by atoms with Crippen LogP contribution in [0.25, 0.3) is 0 Å². The van der Waals surface area contributed by atoms with Crippen LogP contribution in [0, 0.1) is 11.6 Å². The van der Waals surface area contributed by atoms with E-state index in [4.69, 9.17) is 10.8 Å². The molecule has 0 atom stereocenters. The molecule has 1 amide bonds. The van der Waals surface area contributed by atoms with Crippen LogP contribution in [0.5, 0.6) is 0 Å². The molecule has 0 saturated heterocycles. The molecule has 0 aliphatic carbocycles. The van der Waals surface area contributed by atoms with Gasteiger partial charge in [0.25, 0.3) is 5.91 Å². The molecule has 0 radical (unpaired) electrons. The highest BCUT2D eigenvalue weighted by Gasteiger charge is 2.15. The summed E-state index contributed by atoms with van der Waals surface area (Å²) in [5.74, 6) is -2.46. The molecule has 2 rings (SSSR count). The predicted octanol–water partition coefficient (Wildman–Crippen LogP) is 1.97. The van der Waals surface area contributed by atoms with Gasteiger partial charge in [-0.25, -0.2) is 8.78 Å². The van der Waals surface area contributed by atoms with Crippen LogP contribution < -0.4 is 11.1 Å². The van der Waals surface area contributed by atoms with Crippen molar-refractivity contribution in [1.82, 2.24) is 5.32 Å². The number of nitrogens with two attached hydrogens (primary N) is 1. The molecule has 4 nitrogen and oxygen atoms in total. The standard InChI is InChI=1S/C15H14F2N2O2/c16-11-5-12(14(17)13(18)6-11)15(21)19-7-9-1-3-10(8-20)4-2-9/h1-6,20H,7-8,18H2,(H,19,21). The summed E-state index contributed by atoms with van der Waals surface area (Å²) in [6, 6.07) is 8.49. The van der Waals surface area contributed by atoms with Crippen LogP contribution in [0.2, 0.25) is 0 Å². The van der Waals surface area contributed by atoms with Crippen molar-refractivity contribution < 1.29 is 18.7 Å². The number of nitrogen functional groups attached to an aromatic ring is 1. The molecule has 110 valence electrons. The SMILES string of the molecule is Nc1cc(F)cc(C(=O)NCc2ccc(CO)cc2)c1F. The summed E-state index contributed by atoms with van der Waals surface area (Å²) in [5.41, 5.74) is 5.95. The second kappa shape index (κ2) is 6.32. The smallest absolute Gasteiger partial charge is 0.254 e. The lowest BCUT2D eigenvalue weighted by atomic mass is 10.1. The van der Waals surface area contributed by atoms with E-state index in [2.05, 4.69) is 5.32 Å². The Balaban J connectivity index is 2.08. The Hall–Kier alpha value is -2.47. The molecule has 0 heterocycles. The lowest BCUT2D eigenvalue weighted by Gasteiger charge is -2.08. The zero-order chi connectivity index (χ0) is 15.4. The second-order valence-electron chi connectivity index (χ2n) is 4.51. The number of carbonyl (C=O) groups excluding carboxylic acids is 1. The lowest BCUT2D eigenvalue weighted by Crippen LogP contribution is -2.24. The average molecular weight is 292 g/mol. The first-order valence-electron chi connectivity index (χ1n) is 6.22. The topological polar surface area (TPSA) is 75.4 Å². The molecule has 0 bridgehead atoms. The molecule has 0 spiro atoms. The third-order valence-electron chi connectivity index (χ3n) is 2.97. The van der Waals surface area contributed by atoms with Crippen LogP contribution in [-0.4, -0.2) is 11.0 Å². The first-order chi connectivity index (χ1) is 10.0. The second-order valence-corrected chi connectivity index (χ2v) is 4.51. The minimum absolute atomic E-state index is 0.0690. The van der Waals surface area contributed by atoms with Crippen molar-refractivity contribution in [3.05, 3.63) is 64.7 Å². The normalized spacial score (nSPS) is 10.4. The highest BCUT2D eigenvalue weighted by atomic mass is 19.1. The minimum atomic E-state index is -0.940. The fraction of sp³-hybridized carbons (Fsp3) is 0.133. The summed E-state index contributed by atoms with van der Waals surface area (Å²) in [5, 5.41) is 11.4. The van der Waals surface area contributed by atoms with Gasteiger partial charge in [0.1, 0.15) is 5.82 Å². The Bertz CT molecular complexity index is 657. The number of hydrogen-bond donors (Lipinski definition) is 3. The molecule has 0 aliphatic heterocycles. The predicted molar refractivity (Wildman–Crippen MR) is 74.3 cm³/mol. The van der Waals surface area contributed by atoms with Gasteiger partial charge in [0.05, 0.1) is 17.9 Å². The van der Waals surface area contributed by atoms with E-state index in [1.54, 1.807) is 24.3 Å². The lowest BCUT2D eigenvalue weighted by molar-refractivity contribution is 0.0946. The summed E-state index contributed by atoms with van der Waals surface area (Å²) < 4.78 is 26.8. The van der Waals surface area contributed by atoms with Gasteiger partial charge >= 0.3 is 0 Å². The van der Waals surface area contributed by atoms with Gasteiger partial charge in [0.15, 0.2) is 5.82 Å². The van der Waals surface area contributed by atoms with Crippen molar-refractivity contribution in [1.29, 1.82) is 0 Å². The molecule has 6 heteroatoms. The molecular formula is C15H14F2N2O2. The van der Waals surface area contributed by atoms with Gasteiger partial charge in [0, 0.05) is 6.54 Å². The largest absolute Gasteiger partial charge is 0.396 e. The Morgan fingerprint density at radius 1 is 1.14 bits per heavy atom. The summed E-state index contributed by atoms with van der Waals surface area (Å²) in [6.45, 7) is 0.0841. The Morgan fingerprint density at radius 3 is 2.38 bits per heavy atom. The highest BCUT2D eigenvalue weighted by Crippen LogP contribution is 2.17. The summed E-state index contributed by atoms with van der Waals surface area (Å²) in [4.78, 5) is 11.9. The quantitative estimate of drug-likeness (QED) is 0.754. The first kappa shape index (κ1) is 14.9. The Morgan fingerprint density at radius 2 is 1.76 bits per heavy atom. The maximum absolute atomic E-state index is 13.7. The number of rotatable bonds is 4. The minimum Gasteiger partial charge on any atom is -0.396 e. The molecular weight excluding hydrogens is 278 g/mol. The maximum Gasteiger partial charge on any atom is 0.254 e. The van der Waals surface area contributed by atoms with Crippen LogP contribution >= 0.6 is 0 Å². The fourth-order valence-electron chi connectivity index (χ4n) is 1.82. The monoisotopic (exact) mass is 292 g/mol. The van der Waals surface area contributed by atoms with Gasteiger partial charge in [-0.2, -0.15) is 0 Å². The van der Waals surface area contributed by atoms with E-state index in [9.17, 15) is 13.6 Å². The molecule has 0 aliphatic rings. The third-order valence-corrected chi connectivity index (χ3v) is 2.97. The number of anilines is 1. The van der Waals surface area contributed by atoms with E-state index >= 15 is 0 Å². The average Bonchev–Trinajstić information content (AvgIpc) is 2.49. The summed E-state index contributed by atoms with van der Waals surface area (Å²) in [6.07, 6.45) is 0. The fourth-order valence-corrected chi connectivity index (χ4v) is 1.82.